The Morgan fingerprint density at radius 2 is 0.940 bits per heavy atom. The van der Waals surface area contributed by atoms with Gasteiger partial charge in [0, 0.05) is 33.5 Å². The summed E-state index contributed by atoms with van der Waals surface area (Å²) < 4.78 is 2.55. The maximum atomic E-state index is 2.55. The Hall–Kier alpha value is -8.46. The Kier molecular flexibility index (Phi) is 8.91. The van der Waals surface area contributed by atoms with E-state index in [4.69, 9.17) is 0 Å². The fourth-order valence-corrected chi connectivity index (χ4v) is 11.4. The summed E-state index contributed by atoms with van der Waals surface area (Å²) >= 11 is 0. The lowest BCUT2D eigenvalue weighted by atomic mass is 9.67. The van der Waals surface area contributed by atoms with E-state index in [1.165, 1.54) is 93.4 Å². The molecule has 1 aromatic heterocycles. The van der Waals surface area contributed by atoms with Gasteiger partial charge in [-0.1, -0.05) is 193 Å². The molecule has 0 amide bonds. The molecule has 0 aliphatic heterocycles. The van der Waals surface area contributed by atoms with Crippen molar-refractivity contribution in [2.45, 2.75) is 19.3 Å². The summed E-state index contributed by atoms with van der Waals surface area (Å²) in [6, 6.07) is 90.3. The number of aryl methyl sites for hydroxylation is 2. The third-order valence-corrected chi connectivity index (χ3v) is 14.4. The van der Waals surface area contributed by atoms with Gasteiger partial charge in [0.25, 0.3) is 0 Å². The van der Waals surface area contributed by atoms with E-state index in [-0.39, 0.29) is 0 Å². The molecule has 0 radical (unpaired) electrons. The maximum Gasteiger partial charge on any atom is 0.0714 e. The smallest absolute Gasteiger partial charge is 0.0714 e. The molecule has 0 bridgehead atoms. The highest BCUT2D eigenvalue weighted by molar-refractivity contribution is 6.30. The number of anilines is 3. The van der Waals surface area contributed by atoms with Crippen molar-refractivity contribution in [3.8, 4) is 27.9 Å². The third kappa shape index (κ3) is 5.96. The third-order valence-electron chi connectivity index (χ3n) is 14.4. The predicted molar refractivity (Wildman–Crippen MR) is 283 cm³/mol. The second kappa shape index (κ2) is 15.3. The van der Waals surface area contributed by atoms with Gasteiger partial charge in [0.15, 0.2) is 0 Å². The van der Waals surface area contributed by atoms with Crippen LogP contribution in [0.1, 0.15) is 33.4 Å². The quantitative estimate of drug-likeness (QED) is 0.155. The van der Waals surface area contributed by atoms with Gasteiger partial charge >= 0.3 is 0 Å². The number of rotatable bonds is 7. The highest BCUT2D eigenvalue weighted by atomic mass is 15.1. The largest absolute Gasteiger partial charge is 0.310 e. The van der Waals surface area contributed by atoms with Crippen LogP contribution in [-0.4, -0.2) is 4.57 Å². The molecule has 11 aromatic carbocycles. The van der Waals surface area contributed by atoms with Gasteiger partial charge in [-0.25, -0.2) is 0 Å². The molecule has 67 heavy (non-hydrogen) atoms. The van der Waals surface area contributed by atoms with Crippen molar-refractivity contribution in [1.82, 2.24) is 4.57 Å². The highest BCUT2D eigenvalue weighted by Crippen LogP contribution is 2.57. The van der Waals surface area contributed by atoms with Gasteiger partial charge in [-0.2, -0.15) is 0 Å². The number of benzene rings is 11. The average Bonchev–Trinajstić information content (AvgIpc) is 3.89. The van der Waals surface area contributed by atoms with E-state index in [9.17, 15) is 0 Å². The molecule has 1 aliphatic carbocycles. The Morgan fingerprint density at radius 3 is 1.64 bits per heavy atom. The molecule has 2 nitrogen and oxygen atoms in total. The van der Waals surface area contributed by atoms with Gasteiger partial charge in [-0.3, -0.25) is 0 Å². The van der Waals surface area contributed by atoms with Crippen molar-refractivity contribution in [3.05, 3.63) is 276 Å². The molecule has 2 heteroatoms. The summed E-state index contributed by atoms with van der Waals surface area (Å²) in [5, 5.41) is 7.50. The molecule has 0 N–H and O–H groups in total. The molecule has 0 spiro atoms. The second-order valence-electron chi connectivity index (χ2n) is 18.2. The minimum atomic E-state index is -0.519. The molecule has 13 rings (SSSR count). The molecule has 1 aliphatic rings. The topological polar surface area (TPSA) is 8.17 Å². The van der Waals surface area contributed by atoms with Gasteiger partial charge in [0.05, 0.1) is 16.4 Å². The average molecular weight is 855 g/mol. The minimum absolute atomic E-state index is 0.519. The zero-order valence-electron chi connectivity index (χ0n) is 37.5. The summed E-state index contributed by atoms with van der Waals surface area (Å²) in [4.78, 5) is 2.38. The standard InChI is InChI=1S/C65H46N2/c1-43-28-33-49(34-29-43)66(50-35-30-44(2)31-36-50)51-22-15-17-46(40-51)58-42-62-64(57-26-12-11-24-54(57)58)63-53-23-10-9-16-45(53)32-39-61(63)67(62)52-37-38-56-55-25-13-14-27-59(55)65(60(56)41-52,47-18-5-3-6-19-47)48-20-7-4-8-21-48/h3-42H,1-2H3. The van der Waals surface area contributed by atoms with Crippen LogP contribution in [-0.2, 0) is 5.41 Å². The molecule has 1 heterocycles. The number of fused-ring (bicyclic) bond motifs is 10. The van der Waals surface area contributed by atoms with E-state index in [2.05, 4.69) is 266 Å². The van der Waals surface area contributed by atoms with Crippen molar-refractivity contribution in [2.75, 3.05) is 4.90 Å². The van der Waals surface area contributed by atoms with E-state index in [1.807, 2.05) is 0 Å². The highest BCUT2D eigenvalue weighted by Gasteiger charge is 2.46. The van der Waals surface area contributed by atoms with E-state index in [0.29, 0.717) is 0 Å². The van der Waals surface area contributed by atoms with Crippen LogP contribution in [0.5, 0.6) is 0 Å². The molecule has 12 aromatic rings. The Balaban J connectivity index is 1.10. The lowest BCUT2D eigenvalue weighted by molar-refractivity contribution is 0.767. The van der Waals surface area contributed by atoms with Crippen LogP contribution in [0.2, 0.25) is 0 Å². The molecular formula is C65H46N2. The number of aromatic nitrogens is 1. The molecule has 0 fully saturated rings. The number of hydrogen-bond acceptors (Lipinski definition) is 1. The normalized spacial score (nSPS) is 12.7. The lowest BCUT2D eigenvalue weighted by Crippen LogP contribution is -2.28. The summed E-state index contributed by atoms with van der Waals surface area (Å²) in [7, 11) is 0. The molecule has 0 saturated carbocycles. The van der Waals surface area contributed by atoms with Crippen molar-refractivity contribution in [1.29, 1.82) is 0 Å². The van der Waals surface area contributed by atoms with Crippen LogP contribution >= 0.6 is 0 Å². The zero-order valence-corrected chi connectivity index (χ0v) is 37.5. The summed E-state index contributed by atoms with van der Waals surface area (Å²) in [6.07, 6.45) is 0. The van der Waals surface area contributed by atoms with Gasteiger partial charge in [-0.15, -0.1) is 0 Å². The molecule has 316 valence electrons. The SMILES string of the molecule is Cc1ccc(N(c2ccc(C)cc2)c2cccc(-c3cc4c(c5ccccc35)c3c5ccccc5ccc3n4-c3ccc4c(c3)C(c3ccccc3)(c3ccccc3)c3ccccc3-4)c2)cc1. The predicted octanol–water partition coefficient (Wildman–Crippen LogP) is 17.2. The van der Waals surface area contributed by atoms with Gasteiger partial charge < -0.3 is 9.47 Å². The first-order valence-electron chi connectivity index (χ1n) is 23.3. The second-order valence-corrected chi connectivity index (χ2v) is 18.2. The van der Waals surface area contributed by atoms with Crippen molar-refractivity contribution in [2.24, 2.45) is 0 Å². The Morgan fingerprint density at radius 1 is 0.358 bits per heavy atom. The molecule has 0 unspecified atom stereocenters. The number of hydrogen-bond donors (Lipinski definition) is 0. The van der Waals surface area contributed by atoms with E-state index >= 15 is 0 Å². The van der Waals surface area contributed by atoms with Gasteiger partial charge in [0.2, 0.25) is 0 Å². The fraction of sp³-hybridized carbons (Fsp3) is 0.0462. The first-order chi connectivity index (χ1) is 33.1. The minimum Gasteiger partial charge on any atom is -0.310 e. The van der Waals surface area contributed by atoms with Gasteiger partial charge in [-0.05, 0) is 141 Å². The fourth-order valence-electron chi connectivity index (χ4n) is 11.4. The van der Waals surface area contributed by atoms with Crippen LogP contribution in [0.4, 0.5) is 17.1 Å². The van der Waals surface area contributed by atoms with Crippen LogP contribution < -0.4 is 4.90 Å². The van der Waals surface area contributed by atoms with E-state index < -0.39 is 5.41 Å². The van der Waals surface area contributed by atoms with Crippen LogP contribution in [0, 0.1) is 13.8 Å². The first-order valence-corrected chi connectivity index (χ1v) is 23.3. The van der Waals surface area contributed by atoms with E-state index in [1.54, 1.807) is 0 Å². The maximum absolute atomic E-state index is 2.55. The lowest BCUT2D eigenvalue weighted by Gasteiger charge is -2.34. The summed E-state index contributed by atoms with van der Waals surface area (Å²) in [5.41, 5.74) is 18.9. The van der Waals surface area contributed by atoms with Crippen molar-refractivity contribution < 1.29 is 0 Å². The van der Waals surface area contributed by atoms with Crippen LogP contribution in [0.3, 0.4) is 0 Å². The first kappa shape index (κ1) is 39.0. The zero-order chi connectivity index (χ0) is 44.6. The molecular weight excluding hydrogens is 809 g/mol. The van der Waals surface area contributed by atoms with Crippen LogP contribution in [0.25, 0.3) is 71.3 Å². The van der Waals surface area contributed by atoms with Crippen molar-refractivity contribution >= 4 is 60.4 Å². The van der Waals surface area contributed by atoms with Gasteiger partial charge in [0.1, 0.15) is 0 Å². The molecule has 0 saturated heterocycles. The monoisotopic (exact) mass is 854 g/mol. The van der Waals surface area contributed by atoms with Crippen LogP contribution in [0.15, 0.2) is 243 Å². The van der Waals surface area contributed by atoms with E-state index in [0.717, 1.165) is 28.3 Å². The number of nitrogens with zero attached hydrogens (tertiary/aromatic N) is 2. The van der Waals surface area contributed by atoms with Crippen molar-refractivity contribution in [3.63, 3.8) is 0 Å². The Labute approximate surface area is 391 Å². The summed E-state index contributed by atoms with van der Waals surface area (Å²) in [5.74, 6) is 0. The Bertz CT molecular complexity index is 3780. The molecule has 0 atom stereocenters. The summed E-state index contributed by atoms with van der Waals surface area (Å²) in [6.45, 7) is 4.29.